The van der Waals surface area contributed by atoms with Gasteiger partial charge in [0.25, 0.3) is 0 Å². The van der Waals surface area contributed by atoms with E-state index in [2.05, 4.69) is 26.1 Å². The molecule has 72 valence electrons. The highest BCUT2D eigenvalue weighted by Gasteiger charge is 2.09. The lowest BCUT2D eigenvalue weighted by Crippen LogP contribution is -1.85. The van der Waals surface area contributed by atoms with E-state index in [1.165, 1.54) is 6.39 Å². The maximum absolute atomic E-state index is 5.10. The van der Waals surface area contributed by atoms with Crippen molar-refractivity contribution in [3.05, 3.63) is 29.1 Å². The quantitative estimate of drug-likeness (QED) is 0.827. The molecule has 0 saturated carbocycles. The van der Waals surface area contributed by atoms with Crippen LogP contribution in [0.25, 0.3) is 11.5 Å². The van der Waals surface area contributed by atoms with E-state index in [9.17, 15) is 0 Å². The maximum Gasteiger partial charge on any atom is 0.248 e. The van der Waals surface area contributed by atoms with Crippen LogP contribution in [0.5, 0.6) is 5.75 Å². The molecule has 0 atom stereocenters. The topological polar surface area (TPSA) is 48.2 Å². The minimum atomic E-state index is 0.468. The summed E-state index contributed by atoms with van der Waals surface area (Å²) in [6.07, 6.45) is 1.29. The summed E-state index contributed by atoms with van der Waals surface area (Å²) in [5.41, 5.74) is 0.821. The summed E-state index contributed by atoms with van der Waals surface area (Å²) in [5, 5.41) is 7.44. The fraction of sp³-hybridized carbons (Fsp3) is 0.111. The molecule has 0 radical (unpaired) electrons. The van der Waals surface area contributed by atoms with Crippen LogP contribution >= 0.6 is 15.9 Å². The van der Waals surface area contributed by atoms with Gasteiger partial charge in [0, 0.05) is 4.47 Å². The molecule has 0 saturated heterocycles. The molecule has 0 amide bonds. The third-order valence-electron chi connectivity index (χ3n) is 1.76. The van der Waals surface area contributed by atoms with Gasteiger partial charge in [-0.3, -0.25) is 0 Å². The van der Waals surface area contributed by atoms with Crippen LogP contribution in [0.15, 0.2) is 33.5 Å². The minimum Gasteiger partial charge on any atom is -0.497 e. The Hall–Kier alpha value is -1.36. The Morgan fingerprint density at radius 3 is 2.93 bits per heavy atom. The normalized spacial score (nSPS) is 10.1. The zero-order valence-electron chi connectivity index (χ0n) is 7.40. The molecule has 0 aliphatic rings. The molecule has 1 heterocycles. The van der Waals surface area contributed by atoms with Crippen molar-refractivity contribution in [1.29, 1.82) is 0 Å². The van der Waals surface area contributed by atoms with Gasteiger partial charge in [-0.05, 0) is 34.1 Å². The summed E-state index contributed by atoms with van der Waals surface area (Å²) in [7, 11) is 1.61. The molecule has 0 N–H and O–H groups in total. The fourth-order valence-electron chi connectivity index (χ4n) is 1.09. The van der Waals surface area contributed by atoms with Gasteiger partial charge in [-0.1, -0.05) is 0 Å². The Kier molecular flexibility index (Phi) is 2.49. The number of methoxy groups -OCH3 is 1. The van der Waals surface area contributed by atoms with Gasteiger partial charge in [0.1, 0.15) is 5.75 Å². The van der Waals surface area contributed by atoms with E-state index in [0.29, 0.717) is 5.89 Å². The highest BCUT2D eigenvalue weighted by atomic mass is 79.9. The number of hydrogen-bond donors (Lipinski definition) is 0. The largest absolute Gasteiger partial charge is 0.497 e. The molecule has 0 spiro atoms. The van der Waals surface area contributed by atoms with E-state index < -0.39 is 0 Å². The van der Waals surface area contributed by atoms with E-state index >= 15 is 0 Å². The molecule has 0 aliphatic carbocycles. The number of ether oxygens (including phenoxy) is 1. The van der Waals surface area contributed by atoms with E-state index in [0.717, 1.165) is 15.8 Å². The number of nitrogens with zero attached hydrogens (tertiary/aromatic N) is 2. The zero-order chi connectivity index (χ0) is 9.97. The molecule has 2 aromatic rings. The second kappa shape index (κ2) is 3.79. The van der Waals surface area contributed by atoms with E-state index in [4.69, 9.17) is 9.15 Å². The van der Waals surface area contributed by atoms with Crippen LogP contribution in [0.2, 0.25) is 0 Å². The van der Waals surface area contributed by atoms with Gasteiger partial charge in [0.2, 0.25) is 12.3 Å². The molecule has 0 bridgehead atoms. The van der Waals surface area contributed by atoms with Crippen LogP contribution in [0, 0.1) is 0 Å². The van der Waals surface area contributed by atoms with E-state index in [-0.39, 0.29) is 0 Å². The Bertz CT molecular complexity index is 428. The van der Waals surface area contributed by atoms with Gasteiger partial charge < -0.3 is 9.15 Å². The third kappa shape index (κ3) is 1.63. The molecule has 1 aromatic carbocycles. The highest BCUT2D eigenvalue weighted by molar-refractivity contribution is 9.10. The lowest BCUT2D eigenvalue weighted by molar-refractivity contribution is 0.414. The first-order valence-corrected chi connectivity index (χ1v) is 4.70. The molecule has 14 heavy (non-hydrogen) atoms. The van der Waals surface area contributed by atoms with Crippen molar-refractivity contribution < 1.29 is 9.15 Å². The molecular weight excluding hydrogens is 248 g/mol. The van der Waals surface area contributed by atoms with E-state index in [1.807, 2.05) is 18.2 Å². The van der Waals surface area contributed by atoms with Crippen LogP contribution in [0.1, 0.15) is 0 Å². The predicted octanol–water partition coefficient (Wildman–Crippen LogP) is 2.51. The smallest absolute Gasteiger partial charge is 0.248 e. The van der Waals surface area contributed by atoms with Crippen molar-refractivity contribution in [2.45, 2.75) is 0 Å². The second-order valence-corrected chi connectivity index (χ2v) is 3.44. The first-order chi connectivity index (χ1) is 6.81. The lowest BCUT2D eigenvalue weighted by Gasteiger charge is -2.02. The Balaban J connectivity index is 2.51. The van der Waals surface area contributed by atoms with Crippen LogP contribution in [0.3, 0.4) is 0 Å². The van der Waals surface area contributed by atoms with Crippen molar-refractivity contribution in [3.8, 4) is 17.2 Å². The molecular formula is C9H7BrN2O2. The molecule has 2 rings (SSSR count). The third-order valence-corrected chi connectivity index (χ3v) is 2.46. The van der Waals surface area contributed by atoms with Crippen LogP contribution < -0.4 is 4.74 Å². The van der Waals surface area contributed by atoms with Crippen LogP contribution in [-0.2, 0) is 0 Å². The first kappa shape index (κ1) is 9.21. The maximum atomic E-state index is 5.10. The summed E-state index contributed by atoms with van der Waals surface area (Å²) in [6.45, 7) is 0. The molecule has 5 heteroatoms. The number of aromatic nitrogens is 2. The summed E-state index contributed by atoms with van der Waals surface area (Å²) >= 11 is 3.40. The van der Waals surface area contributed by atoms with Gasteiger partial charge in [0.15, 0.2) is 0 Å². The zero-order valence-corrected chi connectivity index (χ0v) is 8.98. The number of halogens is 1. The van der Waals surface area contributed by atoms with Gasteiger partial charge in [-0.25, -0.2) is 0 Å². The Morgan fingerprint density at radius 2 is 2.29 bits per heavy atom. The standard InChI is InChI=1S/C9H7BrN2O2/c1-13-6-2-3-8(10)7(4-6)9-12-11-5-14-9/h2-5H,1H3. The van der Waals surface area contributed by atoms with Crippen LogP contribution in [-0.4, -0.2) is 17.3 Å². The lowest BCUT2D eigenvalue weighted by atomic mass is 10.2. The van der Waals surface area contributed by atoms with Crippen molar-refractivity contribution >= 4 is 15.9 Å². The fourth-order valence-corrected chi connectivity index (χ4v) is 1.50. The van der Waals surface area contributed by atoms with Gasteiger partial charge in [-0.2, -0.15) is 0 Å². The molecule has 0 aliphatic heterocycles. The average molecular weight is 255 g/mol. The van der Waals surface area contributed by atoms with Crippen molar-refractivity contribution in [2.75, 3.05) is 7.11 Å². The summed E-state index contributed by atoms with van der Waals surface area (Å²) in [4.78, 5) is 0. The summed E-state index contributed by atoms with van der Waals surface area (Å²) in [5.74, 6) is 1.22. The number of benzene rings is 1. The van der Waals surface area contributed by atoms with Crippen LogP contribution in [0.4, 0.5) is 0 Å². The average Bonchev–Trinajstić information content (AvgIpc) is 2.71. The molecule has 1 aromatic heterocycles. The molecule has 4 nitrogen and oxygen atoms in total. The summed E-state index contributed by atoms with van der Waals surface area (Å²) < 4.78 is 11.1. The minimum absolute atomic E-state index is 0.468. The monoisotopic (exact) mass is 254 g/mol. The van der Waals surface area contributed by atoms with Gasteiger partial charge in [0.05, 0.1) is 12.7 Å². The van der Waals surface area contributed by atoms with Crippen molar-refractivity contribution in [2.24, 2.45) is 0 Å². The van der Waals surface area contributed by atoms with Crippen molar-refractivity contribution in [1.82, 2.24) is 10.2 Å². The van der Waals surface area contributed by atoms with Gasteiger partial charge >= 0.3 is 0 Å². The molecule has 0 unspecified atom stereocenters. The van der Waals surface area contributed by atoms with Gasteiger partial charge in [-0.15, -0.1) is 10.2 Å². The highest BCUT2D eigenvalue weighted by Crippen LogP contribution is 2.30. The van der Waals surface area contributed by atoms with E-state index in [1.54, 1.807) is 7.11 Å². The number of rotatable bonds is 2. The summed E-state index contributed by atoms with van der Waals surface area (Å²) in [6, 6.07) is 5.56. The SMILES string of the molecule is COc1ccc(Br)c(-c2nnco2)c1. The number of hydrogen-bond acceptors (Lipinski definition) is 4. The first-order valence-electron chi connectivity index (χ1n) is 3.91. The van der Waals surface area contributed by atoms with Crippen molar-refractivity contribution in [3.63, 3.8) is 0 Å². The second-order valence-electron chi connectivity index (χ2n) is 2.59. The Labute approximate surface area is 89.0 Å². The molecule has 0 fully saturated rings. The Morgan fingerprint density at radius 1 is 1.43 bits per heavy atom. The predicted molar refractivity (Wildman–Crippen MR) is 54.0 cm³/mol.